The summed E-state index contributed by atoms with van der Waals surface area (Å²) in [5.41, 5.74) is 3.78. The average Bonchev–Trinajstić information content (AvgIpc) is 4.02. The van der Waals surface area contributed by atoms with Gasteiger partial charge in [-0.1, -0.05) is 120 Å². The number of aromatic nitrogens is 2. The maximum absolute atomic E-state index is 14.1. The Morgan fingerprint density at radius 1 is 0.909 bits per heavy atom. The largest absolute Gasteiger partial charge is 0.497 e. The molecule has 2 atom stereocenters. The number of rotatable bonds is 17. The summed E-state index contributed by atoms with van der Waals surface area (Å²) in [6, 6.07) is 37.8. The molecule has 6 aromatic rings. The standard InChI is InChI=1S/C49H45N7O8S2/c1-55(2)40(57)27-36-26-38(64-53-36)25-22-32-29-65-46-42(45(59)56(46)43(32)47(60)63-28-31-20-23-37(61-3)24-21-31)51-44(58)41(54-62-4)39-30-66-48(50-39)52-49(33-14-8-5-9-15-33,34-16-10-6-11-17-34)35-18-12-7-13-19-35/h5-26,30,42,46H,27-29H2,1-4H3,(H,50,52)(H,51,58)/b25-22+,54-41-/t42-,46-/m1/s1. The molecule has 2 aromatic heterocycles. The van der Waals surface area contributed by atoms with E-state index in [1.165, 1.54) is 40.0 Å². The summed E-state index contributed by atoms with van der Waals surface area (Å²) in [6.45, 7) is -0.0702. The van der Waals surface area contributed by atoms with Crippen LogP contribution >= 0.6 is 23.1 Å². The summed E-state index contributed by atoms with van der Waals surface area (Å²) >= 11 is 2.65. The minimum absolute atomic E-state index is 0.0290. The Hall–Kier alpha value is -7.50. The number of esters is 1. The van der Waals surface area contributed by atoms with Gasteiger partial charge in [0.15, 0.2) is 16.6 Å². The topological polar surface area (TPSA) is 178 Å². The van der Waals surface area contributed by atoms with Crippen LogP contribution in [0.15, 0.2) is 154 Å². The van der Waals surface area contributed by atoms with Crippen LogP contribution in [0, 0.1) is 0 Å². The fraction of sp³-hybridized carbons (Fsp3) is 0.204. The molecule has 1 saturated heterocycles. The lowest BCUT2D eigenvalue weighted by Crippen LogP contribution is -2.71. The second-order valence-electron chi connectivity index (χ2n) is 15.3. The molecule has 4 aromatic carbocycles. The highest BCUT2D eigenvalue weighted by atomic mass is 32.2. The van der Waals surface area contributed by atoms with Crippen molar-refractivity contribution in [3.8, 4) is 5.75 Å². The van der Waals surface area contributed by atoms with E-state index in [9.17, 15) is 19.2 Å². The van der Waals surface area contributed by atoms with Gasteiger partial charge >= 0.3 is 5.97 Å². The van der Waals surface area contributed by atoms with Gasteiger partial charge in [0.2, 0.25) is 5.91 Å². The number of oxime groups is 1. The van der Waals surface area contributed by atoms with Gasteiger partial charge in [-0.05, 0) is 46.0 Å². The van der Waals surface area contributed by atoms with Crippen molar-refractivity contribution in [1.29, 1.82) is 0 Å². The van der Waals surface area contributed by atoms with E-state index >= 15 is 0 Å². The summed E-state index contributed by atoms with van der Waals surface area (Å²) in [6.07, 6.45) is 3.32. The van der Waals surface area contributed by atoms with Crippen molar-refractivity contribution in [2.75, 3.05) is 39.4 Å². The van der Waals surface area contributed by atoms with Crippen molar-refractivity contribution in [3.05, 3.63) is 183 Å². The van der Waals surface area contributed by atoms with Gasteiger partial charge in [-0.2, -0.15) is 0 Å². The van der Waals surface area contributed by atoms with Gasteiger partial charge in [0.25, 0.3) is 11.8 Å². The van der Waals surface area contributed by atoms with Gasteiger partial charge in [0.1, 0.15) is 47.8 Å². The summed E-state index contributed by atoms with van der Waals surface area (Å²) < 4.78 is 16.5. The number of benzene rings is 4. The van der Waals surface area contributed by atoms with Crippen LogP contribution in [0.2, 0.25) is 0 Å². The Bertz CT molecular complexity index is 2700. The van der Waals surface area contributed by atoms with E-state index < -0.39 is 34.7 Å². The third-order valence-corrected chi connectivity index (χ3v) is 13.0. The molecule has 17 heteroatoms. The molecule has 0 bridgehead atoms. The van der Waals surface area contributed by atoms with Crippen LogP contribution in [0.3, 0.4) is 0 Å². The molecule has 8 rings (SSSR count). The molecule has 66 heavy (non-hydrogen) atoms. The first-order valence-corrected chi connectivity index (χ1v) is 22.7. The lowest BCUT2D eigenvalue weighted by atomic mass is 9.77. The lowest BCUT2D eigenvalue weighted by Gasteiger charge is -2.49. The Labute approximate surface area is 389 Å². The number of hydrogen-bond acceptors (Lipinski definition) is 14. The molecule has 336 valence electrons. The fourth-order valence-electron chi connectivity index (χ4n) is 7.57. The number of nitrogens with zero attached hydrogens (tertiary/aromatic N) is 5. The zero-order chi connectivity index (χ0) is 46.2. The number of thioether (sulfide) groups is 1. The first kappa shape index (κ1) is 45.1. The highest BCUT2D eigenvalue weighted by Gasteiger charge is 2.54. The molecule has 0 radical (unpaired) electrons. The molecule has 0 spiro atoms. The van der Waals surface area contributed by atoms with Crippen LogP contribution < -0.4 is 15.4 Å². The Balaban J connectivity index is 1.03. The monoisotopic (exact) mass is 923 g/mol. The lowest BCUT2D eigenvalue weighted by molar-refractivity contribution is -0.153. The van der Waals surface area contributed by atoms with Crippen molar-refractivity contribution >= 4 is 63.7 Å². The number of nitrogens with one attached hydrogen (secondary N) is 2. The number of ether oxygens (including phenoxy) is 2. The van der Waals surface area contributed by atoms with Crippen molar-refractivity contribution in [3.63, 3.8) is 0 Å². The van der Waals surface area contributed by atoms with Gasteiger partial charge in [-0.3, -0.25) is 19.3 Å². The molecule has 2 aliphatic heterocycles. The number of methoxy groups -OCH3 is 1. The Morgan fingerprint density at radius 3 is 2.14 bits per heavy atom. The predicted octanol–water partition coefficient (Wildman–Crippen LogP) is 6.64. The Kier molecular flexibility index (Phi) is 13.7. The third kappa shape index (κ3) is 9.48. The quantitative estimate of drug-likeness (QED) is 0.0329. The molecule has 15 nitrogen and oxygen atoms in total. The molecule has 2 aliphatic rings. The number of hydrogen-bond donors (Lipinski definition) is 2. The number of fused-ring (bicyclic) bond motifs is 1. The smallest absolute Gasteiger partial charge is 0.355 e. The average molecular weight is 924 g/mol. The molecule has 3 amide bonds. The van der Waals surface area contributed by atoms with Gasteiger partial charge < -0.3 is 34.4 Å². The molecular weight excluding hydrogens is 879 g/mol. The highest BCUT2D eigenvalue weighted by Crippen LogP contribution is 2.43. The number of allylic oxidation sites excluding steroid dienone is 1. The second kappa shape index (κ2) is 20.1. The molecule has 0 saturated carbocycles. The van der Waals surface area contributed by atoms with Crippen molar-refractivity contribution < 1.29 is 38.0 Å². The number of likely N-dealkylation sites (N-methyl/N-ethyl adjacent to an activating group) is 1. The van der Waals surface area contributed by atoms with E-state index in [-0.39, 0.29) is 41.8 Å². The van der Waals surface area contributed by atoms with E-state index in [1.807, 2.05) is 54.6 Å². The minimum Gasteiger partial charge on any atom is -0.497 e. The fourth-order valence-corrected chi connectivity index (χ4v) is 9.64. The van der Waals surface area contributed by atoms with Crippen LogP contribution in [-0.2, 0) is 47.3 Å². The summed E-state index contributed by atoms with van der Waals surface area (Å²) in [4.78, 5) is 67.3. The first-order chi connectivity index (χ1) is 32.1. The number of carbonyl (C=O) groups excluding carboxylic acids is 4. The summed E-state index contributed by atoms with van der Waals surface area (Å²) in [7, 11) is 6.19. The highest BCUT2D eigenvalue weighted by molar-refractivity contribution is 8.00. The molecule has 1 fully saturated rings. The first-order valence-electron chi connectivity index (χ1n) is 20.7. The maximum atomic E-state index is 14.1. The van der Waals surface area contributed by atoms with Crippen LogP contribution in [0.1, 0.15) is 39.4 Å². The maximum Gasteiger partial charge on any atom is 0.355 e. The number of amides is 3. The predicted molar refractivity (Wildman–Crippen MR) is 251 cm³/mol. The minimum atomic E-state index is -1.02. The van der Waals surface area contributed by atoms with Gasteiger partial charge in [0.05, 0.1) is 19.2 Å². The number of thiazole rings is 1. The number of anilines is 1. The SMILES string of the molecule is CO/N=C(\C(=O)N[C@@H]1C(=O)N2C(C(=O)OCc3ccc(OC)cc3)=C(/C=C/c3cc(CC(=O)N(C)C)no3)CS[C@H]12)c1csc(NC(c2ccccc2)(c2ccccc2)c2ccccc2)n1. The van der Waals surface area contributed by atoms with Crippen molar-refractivity contribution in [2.24, 2.45) is 5.16 Å². The van der Waals surface area contributed by atoms with Gasteiger partial charge in [-0.15, -0.1) is 23.1 Å². The van der Waals surface area contributed by atoms with Gasteiger partial charge in [0, 0.05) is 31.3 Å². The van der Waals surface area contributed by atoms with E-state index in [0.29, 0.717) is 33.5 Å². The van der Waals surface area contributed by atoms with E-state index in [0.717, 1.165) is 16.7 Å². The zero-order valence-corrected chi connectivity index (χ0v) is 38.0. The molecule has 0 unspecified atom stereocenters. The van der Waals surface area contributed by atoms with Crippen LogP contribution in [0.5, 0.6) is 5.75 Å². The third-order valence-electron chi connectivity index (χ3n) is 10.9. The van der Waals surface area contributed by atoms with E-state index in [1.54, 1.807) is 69.1 Å². The molecule has 0 aliphatic carbocycles. The zero-order valence-electron chi connectivity index (χ0n) is 36.4. The van der Waals surface area contributed by atoms with E-state index in [4.69, 9.17) is 23.8 Å². The summed E-state index contributed by atoms with van der Waals surface area (Å²) in [5, 5.41) is 16.2. The Morgan fingerprint density at radius 2 is 1.55 bits per heavy atom. The second-order valence-corrected chi connectivity index (χ2v) is 17.3. The van der Waals surface area contributed by atoms with Crippen molar-refractivity contribution in [1.82, 2.24) is 25.3 Å². The number of β-lactam (4-membered cyclic amide) rings is 1. The van der Waals surface area contributed by atoms with E-state index in [2.05, 4.69) is 57.3 Å². The number of carbonyl (C=O) groups is 4. The molecule has 4 heterocycles. The van der Waals surface area contributed by atoms with Gasteiger partial charge in [-0.25, -0.2) is 9.78 Å². The van der Waals surface area contributed by atoms with Crippen LogP contribution in [0.25, 0.3) is 6.08 Å². The van der Waals surface area contributed by atoms with Crippen molar-refractivity contribution in [2.45, 2.75) is 30.0 Å². The summed E-state index contributed by atoms with van der Waals surface area (Å²) in [5.74, 6) is -0.824. The normalized spacial score (nSPS) is 16.0. The van der Waals surface area contributed by atoms with Crippen LogP contribution in [-0.4, -0.2) is 94.8 Å². The van der Waals surface area contributed by atoms with Crippen LogP contribution in [0.4, 0.5) is 5.13 Å². The molecule has 2 N–H and O–H groups in total. The molecular formula is C49H45N7O8S2.